The summed E-state index contributed by atoms with van der Waals surface area (Å²) in [4.78, 5) is 15.2. The third kappa shape index (κ3) is 3.18. The van der Waals surface area contributed by atoms with E-state index in [-0.39, 0.29) is 6.54 Å². The third-order valence-corrected chi connectivity index (χ3v) is 5.91. The van der Waals surface area contributed by atoms with Gasteiger partial charge in [-0.15, -0.1) is 0 Å². The second-order valence-corrected chi connectivity index (χ2v) is 8.08. The highest BCUT2D eigenvalue weighted by Crippen LogP contribution is 2.30. The van der Waals surface area contributed by atoms with Gasteiger partial charge in [-0.1, -0.05) is 0 Å². The summed E-state index contributed by atoms with van der Waals surface area (Å²) in [6.07, 6.45) is 0.483. The van der Waals surface area contributed by atoms with E-state index in [2.05, 4.69) is 0 Å². The predicted molar refractivity (Wildman–Crippen MR) is 88.0 cm³/mol. The number of halogens is 1. The van der Waals surface area contributed by atoms with Gasteiger partial charge in [0.1, 0.15) is 17.2 Å². The summed E-state index contributed by atoms with van der Waals surface area (Å²) in [5.41, 5.74) is 0.850. The topological polar surface area (TPSA) is 92.9 Å². The first-order valence-corrected chi connectivity index (χ1v) is 9.42. The van der Waals surface area contributed by atoms with Crippen LogP contribution in [0.4, 0.5) is 20.6 Å². The summed E-state index contributed by atoms with van der Waals surface area (Å²) in [5, 5.41) is 4.07. The quantitative estimate of drug-likeness (QED) is 0.880. The zero-order valence-electron chi connectivity index (χ0n) is 13.3. The van der Waals surface area contributed by atoms with E-state index in [0.717, 1.165) is 25.9 Å². The lowest BCUT2D eigenvalue weighted by Crippen LogP contribution is -2.38. The maximum absolute atomic E-state index is 14.4. The van der Waals surface area contributed by atoms with Crippen molar-refractivity contribution in [2.45, 2.75) is 31.1 Å². The van der Waals surface area contributed by atoms with E-state index in [1.54, 1.807) is 12.1 Å². The molecule has 0 saturated carbocycles. The molecule has 2 aliphatic heterocycles. The molecule has 0 aliphatic carbocycles. The van der Waals surface area contributed by atoms with Gasteiger partial charge in [-0.05, 0) is 38.0 Å². The van der Waals surface area contributed by atoms with Crippen LogP contribution in [-0.4, -0.2) is 45.5 Å². The third-order valence-electron chi connectivity index (χ3n) is 4.57. The van der Waals surface area contributed by atoms with E-state index in [0.29, 0.717) is 11.4 Å². The highest BCUT2D eigenvalue weighted by atomic mass is 32.2. The van der Waals surface area contributed by atoms with Gasteiger partial charge in [0, 0.05) is 13.1 Å². The van der Waals surface area contributed by atoms with E-state index < -0.39 is 33.3 Å². The first kappa shape index (κ1) is 17.0. The molecule has 0 bridgehead atoms. The van der Waals surface area contributed by atoms with Crippen LogP contribution in [0.15, 0.2) is 18.2 Å². The summed E-state index contributed by atoms with van der Waals surface area (Å²) in [5.74, 6) is -0.412. The number of nitrogens with two attached hydrogens (primary N) is 1. The van der Waals surface area contributed by atoms with Crippen LogP contribution < -0.4 is 14.9 Å². The van der Waals surface area contributed by atoms with Gasteiger partial charge in [0.15, 0.2) is 0 Å². The fourth-order valence-corrected chi connectivity index (χ4v) is 3.59. The molecule has 2 heterocycles. The number of cyclic esters (lactones) is 1. The van der Waals surface area contributed by atoms with Crippen LogP contribution in [0.25, 0.3) is 0 Å². The number of ether oxygens (including phenoxy) is 1. The molecule has 0 radical (unpaired) electrons. The fourth-order valence-electron chi connectivity index (χ4n) is 3.03. The second-order valence-electron chi connectivity index (χ2n) is 6.16. The van der Waals surface area contributed by atoms with Crippen molar-refractivity contribution in [3.8, 4) is 0 Å². The van der Waals surface area contributed by atoms with Crippen molar-refractivity contribution in [3.05, 3.63) is 24.0 Å². The number of anilines is 2. The van der Waals surface area contributed by atoms with E-state index >= 15 is 0 Å². The zero-order chi connectivity index (χ0) is 17.5. The number of nitrogens with zero attached hydrogens (tertiary/aromatic N) is 2. The molecular formula is C15H20FN3O4S. The molecular weight excluding hydrogens is 337 g/mol. The van der Waals surface area contributed by atoms with Crippen LogP contribution in [-0.2, 0) is 14.8 Å². The van der Waals surface area contributed by atoms with Crippen molar-refractivity contribution >= 4 is 27.5 Å². The lowest BCUT2D eigenvalue weighted by atomic mass is 10.2. The number of amides is 1. The van der Waals surface area contributed by atoms with Crippen LogP contribution in [0.5, 0.6) is 0 Å². The molecule has 1 amide bonds. The number of primary sulfonamides is 1. The minimum absolute atomic E-state index is 0.0128. The molecule has 3 rings (SSSR count). The number of sulfonamides is 1. The van der Waals surface area contributed by atoms with Gasteiger partial charge in [-0.2, -0.15) is 0 Å². The summed E-state index contributed by atoms with van der Waals surface area (Å²) in [6, 6.07) is 4.56. The molecule has 2 aliphatic rings. The Labute approximate surface area is 140 Å². The summed E-state index contributed by atoms with van der Waals surface area (Å²) in [7, 11) is -3.83. The minimum Gasteiger partial charge on any atom is -0.442 e. The minimum atomic E-state index is -3.83. The Morgan fingerprint density at radius 2 is 2.00 bits per heavy atom. The molecule has 24 heavy (non-hydrogen) atoms. The number of benzene rings is 1. The molecule has 2 atom stereocenters. The van der Waals surface area contributed by atoms with Crippen molar-refractivity contribution in [1.82, 2.24) is 0 Å². The SMILES string of the molecule is C[C@H](C1CN(c2ccc(N3CCCC3)c(F)c2)C(=O)O1)S(N)(=O)=O. The average molecular weight is 357 g/mol. The van der Waals surface area contributed by atoms with E-state index in [4.69, 9.17) is 9.88 Å². The number of hydrogen-bond acceptors (Lipinski definition) is 5. The summed E-state index contributed by atoms with van der Waals surface area (Å²) in [6.45, 7) is 3.03. The first-order valence-electron chi connectivity index (χ1n) is 7.81. The Bertz CT molecular complexity index is 749. The highest BCUT2D eigenvalue weighted by molar-refractivity contribution is 7.89. The molecule has 132 valence electrons. The lowest BCUT2D eigenvalue weighted by molar-refractivity contribution is 0.140. The smallest absolute Gasteiger partial charge is 0.414 e. The maximum atomic E-state index is 14.4. The van der Waals surface area contributed by atoms with E-state index in [1.807, 2.05) is 4.90 Å². The number of rotatable bonds is 4. The molecule has 1 unspecified atom stereocenters. The average Bonchev–Trinajstić information content (AvgIpc) is 3.15. The fraction of sp³-hybridized carbons (Fsp3) is 0.533. The van der Waals surface area contributed by atoms with Crippen molar-refractivity contribution in [3.63, 3.8) is 0 Å². The highest BCUT2D eigenvalue weighted by Gasteiger charge is 2.40. The standard InChI is InChI=1S/C15H20FN3O4S/c1-10(24(17,21)22)14-9-19(15(20)23-14)11-4-5-13(12(16)8-11)18-6-2-3-7-18/h4-5,8,10,14H,2-3,6-7,9H2,1H3,(H2,17,21,22)/t10-,14?/m1/s1. The first-order chi connectivity index (χ1) is 11.3. The Balaban J connectivity index is 1.79. The monoisotopic (exact) mass is 357 g/mol. The molecule has 1 aromatic rings. The molecule has 9 heteroatoms. The van der Waals surface area contributed by atoms with Gasteiger partial charge in [0.05, 0.1) is 17.9 Å². The molecule has 0 aromatic heterocycles. The second kappa shape index (κ2) is 6.21. The molecule has 2 fully saturated rings. The Hall–Kier alpha value is -1.87. The van der Waals surface area contributed by atoms with Crippen molar-refractivity contribution in [1.29, 1.82) is 0 Å². The molecule has 2 saturated heterocycles. The number of carbonyl (C=O) groups excluding carboxylic acids is 1. The van der Waals surface area contributed by atoms with Gasteiger partial charge in [0.25, 0.3) is 0 Å². The van der Waals surface area contributed by atoms with Crippen molar-refractivity contribution < 1.29 is 22.3 Å². The van der Waals surface area contributed by atoms with Crippen LogP contribution in [0.3, 0.4) is 0 Å². The van der Waals surface area contributed by atoms with Crippen molar-refractivity contribution in [2.75, 3.05) is 29.4 Å². The Morgan fingerprint density at radius 3 is 2.58 bits per heavy atom. The van der Waals surface area contributed by atoms with Crippen LogP contribution in [0.1, 0.15) is 19.8 Å². The predicted octanol–water partition coefficient (Wildman–Crippen LogP) is 1.43. The van der Waals surface area contributed by atoms with Gasteiger partial charge in [0.2, 0.25) is 10.0 Å². The zero-order valence-corrected chi connectivity index (χ0v) is 14.1. The molecule has 0 spiro atoms. The largest absolute Gasteiger partial charge is 0.442 e. The van der Waals surface area contributed by atoms with Gasteiger partial charge < -0.3 is 9.64 Å². The van der Waals surface area contributed by atoms with Gasteiger partial charge in [-0.25, -0.2) is 22.7 Å². The Morgan fingerprint density at radius 1 is 1.33 bits per heavy atom. The van der Waals surface area contributed by atoms with E-state index in [9.17, 15) is 17.6 Å². The summed E-state index contributed by atoms with van der Waals surface area (Å²) >= 11 is 0. The van der Waals surface area contributed by atoms with Crippen molar-refractivity contribution in [2.24, 2.45) is 5.14 Å². The normalized spacial score (nSPS) is 22.8. The molecule has 7 nitrogen and oxygen atoms in total. The van der Waals surface area contributed by atoms with Gasteiger partial charge in [-0.3, -0.25) is 4.90 Å². The Kier molecular flexibility index (Phi) is 4.39. The van der Waals surface area contributed by atoms with Crippen LogP contribution in [0.2, 0.25) is 0 Å². The summed E-state index contributed by atoms with van der Waals surface area (Å²) < 4.78 is 42.3. The number of hydrogen-bond donors (Lipinski definition) is 1. The molecule has 2 N–H and O–H groups in total. The van der Waals surface area contributed by atoms with Gasteiger partial charge >= 0.3 is 6.09 Å². The maximum Gasteiger partial charge on any atom is 0.414 e. The lowest BCUT2D eigenvalue weighted by Gasteiger charge is -2.20. The van der Waals surface area contributed by atoms with Crippen LogP contribution in [0, 0.1) is 5.82 Å². The molecule has 1 aromatic carbocycles. The number of carbonyl (C=O) groups is 1. The van der Waals surface area contributed by atoms with Crippen LogP contribution >= 0.6 is 0 Å². The van der Waals surface area contributed by atoms with E-state index in [1.165, 1.54) is 17.9 Å².